The molecule has 0 spiro atoms. The monoisotopic (exact) mass is 496 g/mol. The molecule has 7 nitrogen and oxygen atoms in total. The number of hydrogen-bond acceptors (Lipinski definition) is 5. The van der Waals surface area contributed by atoms with Crippen molar-refractivity contribution in [1.29, 1.82) is 0 Å². The first-order valence-corrected chi connectivity index (χ1v) is 11.0. The van der Waals surface area contributed by atoms with E-state index in [1.165, 1.54) is 0 Å². The van der Waals surface area contributed by atoms with Gasteiger partial charge in [-0.05, 0) is 31.1 Å². The molecule has 0 saturated heterocycles. The fraction of sp³-hybridized carbons (Fsp3) is 0.571. The highest BCUT2D eigenvalue weighted by Gasteiger charge is 2.45. The zero-order chi connectivity index (χ0) is 24.9. The van der Waals surface area contributed by atoms with Gasteiger partial charge in [0, 0.05) is 20.1 Å². The number of anilines is 2. The Labute approximate surface area is 195 Å². The molecule has 1 aromatic rings. The summed E-state index contributed by atoms with van der Waals surface area (Å²) in [5.41, 5.74) is -1.72. The van der Waals surface area contributed by atoms with Gasteiger partial charge < -0.3 is 25.3 Å². The van der Waals surface area contributed by atoms with E-state index in [2.05, 4.69) is 5.32 Å². The number of nitrogens with zero attached hydrogens (tertiary/aromatic N) is 3. The summed E-state index contributed by atoms with van der Waals surface area (Å²) in [6, 6.07) is 1.46. The van der Waals surface area contributed by atoms with Crippen LogP contribution in [-0.2, 0) is 0 Å². The molecule has 1 heterocycles. The fourth-order valence-corrected chi connectivity index (χ4v) is 3.58. The van der Waals surface area contributed by atoms with Crippen molar-refractivity contribution < 1.29 is 32.6 Å². The predicted molar refractivity (Wildman–Crippen MR) is 118 cm³/mol. The molecule has 0 radical (unpaired) electrons. The highest BCUT2D eigenvalue weighted by atomic mass is 35.5. The molecule has 12 heteroatoms. The first-order chi connectivity index (χ1) is 15.4. The molecular weight excluding hydrogens is 468 g/mol. The number of urea groups is 1. The van der Waals surface area contributed by atoms with E-state index < -0.39 is 42.0 Å². The van der Waals surface area contributed by atoms with Crippen LogP contribution in [0.5, 0.6) is 0 Å². The second kappa shape index (κ2) is 11.3. The van der Waals surface area contributed by atoms with E-state index in [0.29, 0.717) is 29.0 Å². The Morgan fingerprint density at radius 1 is 1.18 bits per heavy atom. The van der Waals surface area contributed by atoms with E-state index in [9.17, 15) is 32.6 Å². The van der Waals surface area contributed by atoms with Crippen molar-refractivity contribution in [2.75, 3.05) is 30.4 Å². The topological polar surface area (TPSA) is 79.3 Å². The van der Waals surface area contributed by atoms with Crippen LogP contribution in [0.15, 0.2) is 23.9 Å². The largest absolute Gasteiger partial charge is 0.431 e. The van der Waals surface area contributed by atoms with E-state index >= 15 is 0 Å². The van der Waals surface area contributed by atoms with Crippen LogP contribution < -0.4 is 10.2 Å². The van der Waals surface area contributed by atoms with E-state index in [1.54, 1.807) is 4.90 Å². The van der Waals surface area contributed by atoms with Crippen LogP contribution in [0.1, 0.15) is 39.5 Å². The summed E-state index contributed by atoms with van der Waals surface area (Å²) in [7, 11) is 0.957. The average molecular weight is 497 g/mol. The third kappa shape index (κ3) is 6.42. The minimum Gasteiger partial charge on any atom is -0.370 e. The van der Waals surface area contributed by atoms with Crippen molar-refractivity contribution in [3.63, 3.8) is 0 Å². The second-order valence-electron chi connectivity index (χ2n) is 7.74. The number of carbonyl (C=O) groups is 1. The van der Waals surface area contributed by atoms with E-state index in [1.807, 2.05) is 13.8 Å². The lowest BCUT2D eigenvalue weighted by atomic mass is 10.2. The minimum atomic E-state index is -4.83. The molecule has 0 saturated carbocycles. The molecule has 2 unspecified atom stereocenters. The number of carbonyl (C=O) groups excluding carboxylic acids is 1. The van der Waals surface area contributed by atoms with Gasteiger partial charge in [0.05, 0.1) is 16.4 Å². The molecule has 2 rings (SSSR count). The van der Waals surface area contributed by atoms with E-state index in [4.69, 9.17) is 11.6 Å². The first-order valence-electron chi connectivity index (χ1n) is 10.6. The van der Waals surface area contributed by atoms with Gasteiger partial charge in [0.1, 0.15) is 11.5 Å². The molecule has 33 heavy (non-hydrogen) atoms. The second-order valence-corrected chi connectivity index (χ2v) is 8.14. The average Bonchev–Trinajstić information content (AvgIpc) is 2.73. The number of aliphatic hydroxyl groups is 2. The van der Waals surface area contributed by atoms with Gasteiger partial charge >= 0.3 is 12.2 Å². The summed E-state index contributed by atoms with van der Waals surface area (Å²) in [5.74, 6) is -0.998. The Kier molecular flexibility index (Phi) is 9.21. The number of benzene rings is 1. The van der Waals surface area contributed by atoms with Crippen molar-refractivity contribution in [3.05, 3.63) is 34.7 Å². The number of amides is 2. The van der Waals surface area contributed by atoms with Crippen LogP contribution in [-0.4, -0.2) is 64.9 Å². The van der Waals surface area contributed by atoms with Crippen LogP contribution in [0, 0.1) is 5.82 Å². The van der Waals surface area contributed by atoms with Gasteiger partial charge in [-0.3, -0.25) is 4.90 Å². The molecule has 0 aromatic heterocycles. The minimum absolute atomic E-state index is 0.0104. The summed E-state index contributed by atoms with van der Waals surface area (Å²) in [6.45, 7) is 4.99. The molecule has 186 valence electrons. The molecule has 0 aliphatic carbocycles. The number of allylic oxidation sites excluding steroid dienone is 1. The molecule has 2 atom stereocenters. The SMILES string of the molecule is CCCCN(CCCC)C(=O)Nc1cc(N2C(O)C=C(C(F)(F)F)N(C)C2O)c(F)cc1Cl. The Balaban J connectivity index is 2.36. The number of aliphatic hydroxyl groups excluding tert-OH is 2. The van der Waals surface area contributed by atoms with Crippen molar-refractivity contribution in [3.8, 4) is 0 Å². The maximum absolute atomic E-state index is 14.7. The summed E-state index contributed by atoms with van der Waals surface area (Å²) >= 11 is 6.09. The zero-order valence-electron chi connectivity index (χ0n) is 18.7. The van der Waals surface area contributed by atoms with Gasteiger partial charge in [-0.15, -0.1) is 0 Å². The van der Waals surface area contributed by atoms with Gasteiger partial charge in [0.2, 0.25) is 6.35 Å². The lowest BCUT2D eigenvalue weighted by Gasteiger charge is -2.43. The number of nitrogens with one attached hydrogen (secondary N) is 1. The number of alkyl halides is 3. The summed E-state index contributed by atoms with van der Waals surface area (Å²) in [6.07, 6.45) is -5.08. The maximum atomic E-state index is 14.7. The third-order valence-electron chi connectivity index (χ3n) is 5.26. The van der Waals surface area contributed by atoms with E-state index in [0.717, 1.165) is 44.9 Å². The summed E-state index contributed by atoms with van der Waals surface area (Å²) in [5, 5.41) is 23.1. The van der Waals surface area contributed by atoms with Crippen molar-refractivity contribution >= 4 is 29.0 Å². The van der Waals surface area contributed by atoms with Crippen LogP contribution in [0.2, 0.25) is 5.02 Å². The van der Waals surface area contributed by atoms with Crippen molar-refractivity contribution in [1.82, 2.24) is 9.80 Å². The van der Waals surface area contributed by atoms with Gasteiger partial charge in [0.15, 0.2) is 6.23 Å². The molecule has 1 aromatic carbocycles. The fourth-order valence-electron chi connectivity index (χ4n) is 3.39. The number of rotatable bonds is 8. The number of halogens is 5. The highest BCUT2D eigenvalue weighted by molar-refractivity contribution is 6.33. The normalized spacial score (nSPS) is 18.9. The summed E-state index contributed by atoms with van der Waals surface area (Å²) in [4.78, 5) is 15.5. The number of hydrogen-bond donors (Lipinski definition) is 3. The lowest BCUT2D eigenvalue weighted by molar-refractivity contribution is -0.133. The Hall–Kier alpha value is -2.24. The van der Waals surface area contributed by atoms with Gasteiger partial charge in [-0.25, -0.2) is 9.18 Å². The van der Waals surface area contributed by atoms with Crippen LogP contribution >= 0.6 is 11.6 Å². The molecule has 1 aliphatic rings. The molecule has 0 fully saturated rings. The standard InChI is InChI=1S/C21H29ClF4N4O3/c1-4-6-8-29(9-7-5-2)19(32)27-15-11-16(14(23)10-13(15)22)30-18(31)12-17(21(24,25)26)28(3)20(30)33/h10-12,18,20,31,33H,4-9H2,1-3H3,(H,27,32). The molecule has 1 aliphatic heterocycles. The predicted octanol–water partition coefficient (Wildman–Crippen LogP) is 4.71. The Bertz CT molecular complexity index is 861. The van der Waals surface area contributed by atoms with Gasteiger partial charge in [0.25, 0.3) is 0 Å². The Morgan fingerprint density at radius 2 is 1.76 bits per heavy atom. The van der Waals surface area contributed by atoms with Crippen LogP contribution in [0.25, 0.3) is 0 Å². The smallest absolute Gasteiger partial charge is 0.370 e. The van der Waals surface area contributed by atoms with Crippen LogP contribution in [0.3, 0.4) is 0 Å². The molecule has 2 amide bonds. The Morgan fingerprint density at radius 3 is 2.27 bits per heavy atom. The first kappa shape index (κ1) is 27.0. The highest BCUT2D eigenvalue weighted by Crippen LogP contribution is 2.38. The van der Waals surface area contributed by atoms with Crippen molar-refractivity contribution in [2.45, 2.75) is 58.3 Å². The third-order valence-corrected chi connectivity index (χ3v) is 5.58. The maximum Gasteiger partial charge on any atom is 0.431 e. The summed E-state index contributed by atoms with van der Waals surface area (Å²) < 4.78 is 54.2. The van der Waals surface area contributed by atoms with Gasteiger partial charge in [-0.1, -0.05) is 38.3 Å². The van der Waals surface area contributed by atoms with Gasteiger partial charge in [-0.2, -0.15) is 13.2 Å². The lowest BCUT2D eigenvalue weighted by Crippen LogP contribution is -2.56. The molecular formula is C21H29ClF4N4O3. The van der Waals surface area contributed by atoms with Crippen LogP contribution in [0.4, 0.5) is 33.7 Å². The quantitative estimate of drug-likeness (QED) is 0.454. The zero-order valence-corrected chi connectivity index (χ0v) is 19.4. The molecule has 3 N–H and O–H groups in total. The van der Waals surface area contributed by atoms with Crippen molar-refractivity contribution in [2.24, 2.45) is 0 Å². The number of unbranched alkanes of at least 4 members (excludes halogenated alkanes) is 2. The van der Waals surface area contributed by atoms with E-state index in [-0.39, 0.29) is 10.7 Å². The molecule has 0 bridgehead atoms.